The van der Waals surface area contributed by atoms with Crippen LogP contribution in [0.25, 0.3) is 0 Å². The summed E-state index contributed by atoms with van der Waals surface area (Å²) in [6.45, 7) is 6.57. The van der Waals surface area contributed by atoms with Crippen molar-refractivity contribution in [3.05, 3.63) is 63.6 Å². The molecule has 0 saturated heterocycles. The Bertz CT molecular complexity index is 703. The molecule has 0 aliphatic heterocycles. The fourth-order valence-electron chi connectivity index (χ4n) is 2.33. The molecular formula is C19H24BrN3O. The zero-order chi connectivity index (χ0) is 17.5. The first-order chi connectivity index (χ1) is 11.5. The number of aryl methyl sites for hydroxylation is 1. The molecule has 0 fully saturated rings. The summed E-state index contributed by atoms with van der Waals surface area (Å²) in [5, 5.41) is 5.76. The zero-order valence-electron chi connectivity index (χ0n) is 14.4. The van der Waals surface area contributed by atoms with Crippen molar-refractivity contribution in [2.75, 3.05) is 18.9 Å². The molecule has 2 amide bonds. The van der Waals surface area contributed by atoms with E-state index in [1.54, 1.807) is 0 Å². The molecule has 0 saturated carbocycles. The molecule has 0 atom stereocenters. The second-order valence-electron chi connectivity index (χ2n) is 5.94. The Morgan fingerprint density at radius 1 is 1.17 bits per heavy atom. The number of nitrogens with zero attached hydrogens (tertiary/aromatic N) is 1. The number of anilines is 1. The van der Waals surface area contributed by atoms with Crippen LogP contribution in [0, 0.1) is 6.92 Å². The number of benzene rings is 2. The molecular weight excluding hydrogens is 366 g/mol. The molecule has 0 unspecified atom stereocenters. The maximum Gasteiger partial charge on any atom is 0.319 e. The van der Waals surface area contributed by atoms with Crippen molar-refractivity contribution in [2.45, 2.75) is 26.9 Å². The monoisotopic (exact) mass is 389 g/mol. The number of nitrogens with one attached hydrogen (secondary N) is 2. The highest BCUT2D eigenvalue weighted by atomic mass is 79.9. The SMILES string of the molecule is CCN(C)Cc1cccc(CNC(=O)Nc2ccc(C)cc2Br)c1. The van der Waals surface area contributed by atoms with Gasteiger partial charge in [0.1, 0.15) is 0 Å². The molecule has 0 spiro atoms. The lowest BCUT2D eigenvalue weighted by Crippen LogP contribution is -2.28. The molecule has 2 rings (SSSR count). The highest BCUT2D eigenvalue weighted by Gasteiger charge is 2.06. The van der Waals surface area contributed by atoms with Crippen LogP contribution in [0.3, 0.4) is 0 Å². The molecule has 5 heteroatoms. The Morgan fingerprint density at radius 3 is 2.62 bits per heavy atom. The van der Waals surface area contributed by atoms with Crippen LogP contribution in [0.2, 0.25) is 0 Å². The summed E-state index contributed by atoms with van der Waals surface area (Å²) in [7, 11) is 2.10. The fourth-order valence-corrected chi connectivity index (χ4v) is 2.92. The molecule has 0 heterocycles. The fraction of sp³-hybridized carbons (Fsp3) is 0.316. The van der Waals surface area contributed by atoms with Crippen molar-refractivity contribution in [2.24, 2.45) is 0 Å². The number of urea groups is 1. The van der Waals surface area contributed by atoms with Crippen molar-refractivity contribution in [3.63, 3.8) is 0 Å². The van der Waals surface area contributed by atoms with Gasteiger partial charge in [0.25, 0.3) is 0 Å². The number of rotatable bonds is 6. The van der Waals surface area contributed by atoms with E-state index in [-0.39, 0.29) is 6.03 Å². The molecule has 0 bridgehead atoms. The van der Waals surface area contributed by atoms with Gasteiger partial charge in [-0.3, -0.25) is 0 Å². The topological polar surface area (TPSA) is 44.4 Å². The molecule has 4 nitrogen and oxygen atoms in total. The van der Waals surface area contributed by atoms with Gasteiger partial charge in [-0.2, -0.15) is 0 Å². The standard InChI is InChI=1S/C19H24BrN3O/c1-4-23(3)13-16-7-5-6-15(11-16)12-21-19(24)22-18-9-8-14(2)10-17(18)20/h5-11H,4,12-13H2,1-3H3,(H2,21,22,24). The molecule has 2 aromatic carbocycles. The summed E-state index contributed by atoms with van der Waals surface area (Å²) in [6.07, 6.45) is 0. The first-order valence-corrected chi connectivity index (χ1v) is 8.84. The summed E-state index contributed by atoms with van der Waals surface area (Å²) in [6, 6.07) is 13.9. The smallest absolute Gasteiger partial charge is 0.319 e. The number of hydrogen-bond acceptors (Lipinski definition) is 2. The van der Waals surface area contributed by atoms with Gasteiger partial charge in [0.2, 0.25) is 0 Å². The van der Waals surface area contributed by atoms with Gasteiger partial charge in [-0.25, -0.2) is 4.79 Å². The average Bonchev–Trinajstić information content (AvgIpc) is 2.56. The number of carbonyl (C=O) groups excluding carboxylic acids is 1. The molecule has 0 aliphatic rings. The predicted octanol–water partition coefficient (Wildman–Crippen LogP) is 4.53. The Labute approximate surface area is 152 Å². The van der Waals surface area contributed by atoms with E-state index < -0.39 is 0 Å². The van der Waals surface area contributed by atoms with Gasteiger partial charge >= 0.3 is 6.03 Å². The molecule has 24 heavy (non-hydrogen) atoms. The zero-order valence-corrected chi connectivity index (χ0v) is 16.0. The summed E-state index contributed by atoms with van der Waals surface area (Å²) in [5.74, 6) is 0. The summed E-state index contributed by atoms with van der Waals surface area (Å²) in [5.41, 5.74) is 4.24. The van der Waals surface area contributed by atoms with Crippen LogP contribution < -0.4 is 10.6 Å². The highest BCUT2D eigenvalue weighted by molar-refractivity contribution is 9.10. The van der Waals surface area contributed by atoms with Gasteiger partial charge in [-0.15, -0.1) is 0 Å². The second kappa shape index (κ2) is 8.85. The highest BCUT2D eigenvalue weighted by Crippen LogP contribution is 2.23. The van der Waals surface area contributed by atoms with Gasteiger partial charge in [0, 0.05) is 17.6 Å². The van der Waals surface area contributed by atoms with E-state index in [4.69, 9.17) is 0 Å². The van der Waals surface area contributed by atoms with Crippen LogP contribution in [0.5, 0.6) is 0 Å². The van der Waals surface area contributed by atoms with Gasteiger partial charge in [-0.05, 0) is 65.3 Å². The summed E-state index contributed by atoms with van der Waals surface area (Å²) in [4.78, 5) is 14.3. The first-order valence-electron chi connectivity index (χ1n) is 8.05. The summed E-state index contributed by atoms with van der Waals surface area (Å²) >= 11 is 3.46. The minimum atomic E-state index is -0.212. The molecule has 0 aliphatic carbocycles. The molecule has 0 aromatic heterocycles. The number of halogens is 1. The predicted molar refractivity (Wildman–Crippen MR) is 103 cm³/mol. The van der Waals surface area contributed by atoms with E-state index in [1.165, 1.54) is 5.56 Å². The Morgan fingerprint density at radius 2 is 1.92 bits per heavy atom. The Hall–Kier alpha value is -1.85. The summed E-state index contributed by atoms with van der Waals surface area (Å²) < 4.78 is 0.877. The minimum absolute atomic E-state index is 0.212. The number of carbonyl (C=O) groups is 1. The van der Waals surface area contributed by atoms with E-state index in [9.17, 15) is 4.79 Å². The third-order valence-electron chi connectivity index (χ3n) is 3.81. The van der Waals surface area contributed by atoms with Gasteiger partial charge in [-0.1, -0.05) is 37.3 Å². The van der Waals surface area contributed by atoms with Crippen LogP contribution in [0.1, 0.15) is 23.6 Å². The lowest BCUT2D eigenvalue weighted by atomic mass is 10.1. The Balaban J connectivity index is 1.90. The first kappa shape index (κ1) is 18.5. The van der Waals surface area contributed by atoms with E-state index >= 15 is 0 Å². The average molecular weight is 390 g/mol. The number of amides is 2. The third kappa shape index (κ3) is 5.65. The van der Waals surface area contributed by atoms with Crippen LogP contribution in [0.15, 0.2) is 46.9 Å². The molecule has 128 valence electrons. The van der Waals surface area contributed by atoms with E-state index in [0.717, 1.165) is 34.4 Å². The van der Waals surface area contributed by atoms with Crippen LogP contribution in [0.4, 0.5) is 10.5 Å². The van der Waals surface area contributed by atoms with Gasteiger partial charge in [0.15, 0.2) is 0 Å². The van der Waals surface area contributed by atoms with Crippen molar-refractivity contribution < 1.29 is 4.79 Å². The van der Waals surface area contributed by atoms with Gasteiger partial charge < -0.3 is 15.5 Å². The molecule has 0 radical (unpaired) electrons. The van der Waals surface area contributed by atoms with Crippen LogP contribution >= 0.6 is 15.9 Å². The minimum Gasteiger partial charge on any atom is -0.334 e. The largest absolute Gasteiger partial charge is 0.334 e. The van der Waals surface area contributed by atoms with Crippen LogP contribution in [-0.4, -0.2) is 24.5 Å². The lowest BCUT2D eigenvalue weighted by molar-refractivity contribution is 0.251. The van der Waals surface area contributed by atoms with Crippen molar-refractivity contribution in [3.8, 4) is 0 Å². The third-order valence-corrected chi connectivity index (χ3v) is 4.47. The normalized spacial score (nSPS) is 10.7. The maximum atomic E-state index is 12.1. The van der Waals surface area contributed by atoms with Crippen molar-refractivity contribution in [1.29, 1.82) is 0 Å². The second-order valence-corrected chi connectivity index (χ2v) is 6.80. The van der Waals surface area contributed by atoms with Crippen molar-refractivity contribution >= 4 is 27.6 Å². The maximum absolute atomic E-state index is 12.1. The molecule has 2 aromatic rings. The van der Waals surface area contributed by atoms with Crippen molar-refractivity contribution in [1.82, 2.24) is 10.2 Å². The van der Waals surface area contributed by atoms with E-state index in [1.807, 2.05) is 37.3 Å². The Kier molecular flexibility index (Phi) is 6.82. The molecule has 2 N–H and O–H groups in total. The van der Waals surface area contributed by atoms with Crippen LogP contribution in [-0.2, 0) is 13.1 Å². The quantitative estimate of drug-likeness (QED) is 0.761. The lowest BCUT2D eigenvalue weighted by Gasteiger charge is -2.15. The van der Waals surface area contributed by atoms with E-state index in [2.05, 4.69) is 57.6 Å². The van der Waals surface area contributed by atoms with Gasteiger partial charge in [0.05, 0.1) is 5.69 Å². The van der Waals surface area contributed by atoms with E-state index in [0.29, 0.717) is 6.54 Å². The number of hydrogen-bond donors (Lipinski definition) is 2.